The van der Waals surface area contributed by atoms with Gasteiger partial charge >= 0.3 is 6.03 Å². The van der Waals surface area contributed by atoms with E-state index in [0.29, 0.717) is 25.2 Å². The average Bonchev–Trinajstić information content (AvgIpc) is 2.47. The topological polar surface area (TPSA) is 61.4 Å². The van der Waals surface area contributed by atoms with E-state index in [1.807, 2.05) is 11.8 Å². The van der Waals surface area contributed by atoms with Crippen LogP contribution in [0, 0.1) is 5.82 Å². The number of benzene rings is 1. The van der Waals surface area contributed by atoms with E-state index >= 15 is 0 Å². The molecule has 1 fully saturated rings. The molecule has 2 rings (SSSR count). The van der Waals surface area contributed by atoms with Crippen LogP contribution >= 0.6 is 0 Å². The normalized spacial score (nSPS) is 15.6. The summed E-state index contributed by atoms with van der Waals surface area (Å²) >= 11 is 0. The quantitative estimate of drug-likeness (QED) is 0.898. The number of amides is 3. The molecule has 5 nitrogen and oxygen atoms in total. The maximum absolute atomic E-state index is 13.0. The van der Waals surface area contributed by atoms with Crippen LogP contribution < -0.4 is 10.6 Å². The SMILES string of the molecule is CCC(=O)N1CCC(NC(=O)Nc2cccc(F)c2)CC1. The van der Waals surface area contributed by atoms with Crippen molar-refractivity contribution >= 4 is 17.6 Å². The van der Waals surface area contributed by atoms with Crippen LogP contribution in [0.15, 0.2) is 24.3 Å². The second-order valence-corrected chi connectivity index (χ2v) is 5.12. The van der Waals surface area contributed by atoms with E-state index in [0.717, 1.165) is 12.8 Å². The van der Waals surface area contributed by atoms with Crippen molar-refractivity contribution in [3.8, 4) is 0 Å². The molecule has 0 saturated carbocycles. The van der Waals surface area contributed by atoms with Gasteiger partial charge in [-0.1, -0.05) is 13.0 Å². The zero-order chi connectivity index (χ0) is 15.2. The van der Waals surface area contributed by atoms with E-state index in [2.05, 4.69) is 10.6 Å². The first-order valence-corrected chi connectivity index (χ1v) is 7.19. The molecule has 1 aromatic carbocycles. The number of urea groups is 1. The molecule has 0 bridgehead atoms. The Kier molecular flexibility index (Phi) is 5.14. The van der Waals surface area contributed by atoms with Gasteiger partial charge in [-0.15, -0.1) is 0 Å². The Balaban J connectivity index is 1.78. The predicted octanol–water partition coefficient (Wildman–Crippen LogP) is 2.35. The highest BCUT2D eigenvalue weighted by Crippen LogP contribution is 2.12. The second-order valence-electron chi connectivity index (χ2n) is 5.12. The van der Waals surface area contributed by atoms with Gasteiger partial charge in [0.15, 0.2) is 0 Å². The van der Waals surface area contributed by atoms with Crippen molar-refractivity contribution in [2.75, 3.05) is 18.4 Å². The minimum absolute atomic E-state index is 0.0412. The van der Waals surface area contributed by atoms with Crippen molar-refractivity contribution in [1.29, 1.82) is 0 Å². The third-order valence-corrected chi connectivity index (χ3v) is 3.57. The molecule has 1 aromatic rings. The molecule has 0 aromatic heterocycles. The Morgan fingerprint density at radius 2 is 2.05 bits per heavy atom. The second kappa shape index (κ2) is 7.06. The summed E-state index contributed by atoms with van der Waals surface area (Å²) in [6.07, 6.45) is 1.99. The number of likely N-dealkylation sites (tertiary alicyclic amines) is 1. The third-order valence-electron chi connectivity index (χ3n) is 3.57. The van der Waals surface area contributed by atoms with E-state index in [4.69, 9.17) is 0 Å². The lowest BCUT2D eigenvalue weighted by Crippen LogP contribution is -2.47. The van der Waals surface area contributed by atoms with Crippen molar-refractivity contribution < 1.29 is 14.0 Å². The Morgan fingerprint density at radius 1 is 1.33 bits per heavy atom. The number of hydrogen-bond acceptors (Lipinski definition) is 2. The molecule has 1 aliphatic rings. The summed E-state index contributed by atoms with van der Waals surface area (Å²) in [7, 11) is 0. The maximum Gasteiger partial charge on any atom is 0.319 e. The molecule has 0 aliphatic carbocycles. The molecule has 114 valence electrons. The summed E-state index contributed by atoms with van der Waals surface area (Å²) in [5, 5.41) is 5.46. The first kappa shape index (κ1) is 15.3. The summed E-state index contributed by atoms with van der Waals surface area (Å²) in [5.74, 6) is -0.239. The Hall–Kier alpha value is -2.11. The van der Waals surface area contributed by atoms with Gasteiger partial charge in [-0.05, 0) is 31.0 Å². The molecule has 1 heterocycles. The fraction of sp³-hybridized carbons (Fsp3) is 0.467. The van der Waals surface area contributed by atoms with E-state index in [9.17, 15) is 14.0 Å². The van der Waals surface area contributed by atoms with Gasteiger partial charge < -0.3 is 15.5 Å². The first-order valence-electron chi connectivity index (χ1n) is 7.19. The lowest BCUT2D eigenvalue weighted by atomic mass is 10.1. The number of carbonyl (C=O) groups is 2. The summed E-state index contributed by atoms with van der Waals surface area (Å²) in [5.41, 5.74) is 0.422. The summed E-state index contributed by atoms with van der Waals surface area (Å²) < 4.78 is 13.0. The number of nitrogens with zero attached hydrogens (tertiary/aromatic N) is 1. The lowest BCUT2D eigenvalue weighted by Gasteiger charge is -2.32. The molecule has 1 saturated heterocycles. The first-order chi connectivity index (χ1) is 10.1. The molecule has 0 atom stereocenters. The smallest absolute Gasteiger partial charge is 0.319 e. The molecular formula is C15H20FN3O2. The van der Waals surface area contributed by atoms with Crippen LogP contribution in [0.5, 0.6) is 0 Å². The standard InChI is InChI=1S/C15H20FN3O2/c1-2-14(20)19-8-6-12(7-9-19)17-15(21)18-13-5-3-4-11(16)10-13/h3-5,10,12H,2,6-9H2,1H3,(H2,17,18,21). The van der Waals surface area contributed by atoms with Crippen LogP contribution in [0.2, 0.25) is 0 Å². The van der Waals surface area contributed by atoms with Crippen molar-refractivity contribution in [3.63, 3.8) is 0 Å². The largest absolute Gasteiger partial charge is 0.343 e. The van der Waals surface area contributed by atoms with Crippen LogP contribution in [0.3, 0.4) is 0 Å². The highest BCUT2D eigenvalue weighted by molar-refractivity contribution is 5.89. The number of rotatable bonds is 3. The zero-order valence-electron chi connectivity index (χ0n) is 12.1. The minimum Gasteiger partial charge on any atom is -0.343 e. The van der Waals surface area contributed by atoms with Gasteiger partial charge in [0.2, 0.25) is 5.91 Å². The summed E-state index contributed by atoms with van der Waals surface area (Å²) in [4.78, 5) is 25.2. The average molecular weight is 293 g/mol. The molecule has 0 unspecified atom stereocenters. The lowest BCUT2D eigenvalue weighted by molar-refractivity contribution is -0.131. The minimum atomic E-state index is -0.390. The zero-order valence-corrected chi connectivity index (χ0v) is 12.1. The van der Waals surface area contributed by atoms with Gasteiger partial charge in [-0.3, -0.25) is 4.79 Å². The Labute approximate surface area is 123 Å². The van der Waals surface area contributed by atoms with Gasteiger partial charge in [0, 0.05) is 31.2 Å². The van der Waals surface area contributed by atoms with Crippen molar-refractivity contribution in [2.45, 2.75) is 32.2 Å². The number of nitrogens with one attached hydrogen (secondary N) is 2. The van der Waals surface area contributed by atoms with E-state index in [1.54, 1.807) is 12.1 Å². The molecule has 0 radical (unpaired) electrons. The fourth-order valence-electron chi connectivity index (χ4n) is 2.42. The van der Waals surface area contributed by atoms with Gasteiger partial charge in [0.25, 0.3) is 0 Å². The van der Waals surface area contributed by atoms with Crippen molar-refractivity contribution in [1.82, 2.24) is 10.2 Å². The van der Waals surface area contributed by atoms with Gasteiger partial charge in [-0.2, -0.15) is 0 Å². The number of anilines is 1. The van der Waals surface area contributed by atoms with Crippen LogP contribution in [0.4, 0.5) is 14.9 Å². The van der Waals surface area contributed by atoms with Crippen LogP contribution in [0.25, 0.3) is 0 Å². The maximum atomic E-state index is 13.0. The predicted molar refractivity (Wildman–Crippen MR) is 78.4 cm³/mol. The molecule has 1 aliphatic heterocycles. The molecule has 0 spiro atoms. The number of halogens is 1. The Morgan fingerprint density at radius 3 is 2.67 bits per heavy atom. The fourth-order valence-corrected chi connectivity index (χ4v) is 2.42. The van der Waals surface area contributed by atoms with E-state index < -0.39 is 0 Å². The third kappa shape index (κ3) is 4.44. The van der Waals surface area contributed by atoms with Crippen molar-refractivity contribution in [3.05, 3.63) is 30.1 Å². The van der Waals surface area contributed by atoms with Gasteiger partial charge in [-0.25, -0.2) is 9.18 Å². The van der Waals surface area contributed by atoms with Crippen LogP contribution in [-0.2, 0) is 4.79 Å². The highest BCUT2D eigenvalue weighted by Gasteiger charge is 2.22. The molecular weight excluding hydrogens is 273 g/mol. The summed E-state index contributed by atoms with van der Waals surface area (Å²) in [6, 6.07) is 5.46. The van der Waals surface area contributed by atoms with E-state index in [-0.39, 0.29) is 23.8 Å². The number of hydrogen-bond donors (Lipinski definition) is 2. The van der Waals surface area contributed by atoms with E-state index in [1.165, 1.54) is 12.1 Å². The molecule has 6 heteroatoms. The molecule has 3 amide bonds. The number of carbonyl (C=O) groups excluding carboxylic acids is 2. The van der Waals surface area contributed by atoms with Gasteiger partial charge in [0.1, 0.15) is 5.82 Å². The monoisotopic (exact) mass is 293 g/mol. The van der Waals surface area contributed by atoms with Gasteiger partial charge in [0.05, 0.1) is 0 Å². The highest BCUT2D eigenvalue weighted by atomic mass is 19.1. The van der Waals surface area contributed by atoms with Crippen molar-refractivity contribution in [2.24, 2.45) is 0 Å². The van der Waals surface area contributed by atoms with Crippen LogP contribution in [0.1, 0.15) is 26.2 Å². The van der Waals surface area contributed by atoms with Crippen LogP contribution in [-0.4, -0.2) is 36.0 Å². The Bertz CT molecular complexity index is 513. The summed E-state index contributed by atoms with van der Waals surface area (Å²) in [6.45, 7) is 3.17. The molecule has 2 N–H and O–H groups in total. The molecule has 21 heavy (non-hydrogen) atoms. The number of piperidine rings is 1.